The Morgan fingerprint density at radius 2 is 2.31 bits per heavy atom. The Morgan fingerprint density at radius 1 is 1.56 bits per heavy atom. The third-order valence-corrected chi connectivity index (χ3v) is 1.92. The molecule has 1 rings (SSSR count). The molecule has 0 spiro atoms. The number of nitriles is 1. The number of allylic oxidation sites excluding steroid dienone is 2. The zero-order valence-electron chi connectivity index (χ0n) is 9.15. The van der Waals surface area contributed by atoms with E-state index in [0.29, 0.717) is 17.0 Å². The molecule has 0 saturated carbocycles. The van der Waals surface area contributed by atoms with Gasteiger partial charge in [0.05, 0.1) is 13.2 Å². The Kier molecular flexibility index (Phi) is 4.10. The van der Waals surface area contributed by atoms with E-state index in [0.717, 1.165) is 0 Å². The zero-order chi connectivity index (χ0) is 12.0. The minimum atomic E-state index is -0.261. The van der Waals surface area contributed by atoms with E-state index in [4.69, 9.17) is 10.00 Å². The van der Waals surface area contributed by atoms with Gasteiger partial charge < -0.3 is 10.1 Å². The third kappa shape index (κ3) is 3.14. The first-order chi connectivity index (χ1) is 7.67. The Hall–Kier alpha value is -2.28. The zero-order valence-corrected chi connectivity index (χ0v) is 9.15. The summed E-state index contributed by atoms with van der Waals surface area (Å²) in [6.07, 6.45) is 1.28. The van der Waals surface area contributed by atoms with Crippen LogP contribution in [0.3, 0.4) is 0 Å². The number of benzene rings is 1. The number of rotatable bonds is 3. The van der Waals surface area contributed by atoms with E-state index in [9.17, 15) is 4.79 Å². The van der Waals surface area contributed by atoms with E-state index >= 15 is 0 Å². The van der Waals surface area contributed by atoms with E-state index in [2.05, 4.69) is 5.32 Å². The van der Waals surface area contributed by atoms with E-state index in [1.54, 1.807) is 31.2 Å². The van der Waals surface area contributed by atoms with Gasteiger partial charge in [0.25, 0.3) is 5.91 Å². The van der Waals surface area contributed by atoms with Crippen molar-refractivity contribution >= 4 is 5.91 Å². The molecule has 4 heteroatoms. The summed E-state index contributed by atoms with van der Waals surface area (Å²) in [6, 6.07) is 8.65. The molecule has 1 aromatic carbocycles. The molecule has 0 aliphatic rings. The second kappa shape index (κ2) is 5.56. The van der Waals surface area contributed by atoms with Crippen molar-refractivity contribution in [3.63, 3.8) is 0 Å². The van der Waals surface area contributed by atoms with E-state index in [1.807, 2.05) is 6.07 Å². The maximum atomic E-state index is 11.7. The van der Waals surface area contributed by atoms with Gasteiger partial charge in [0.15, 0.2) is 0 Å². The van der Waals surface area contributed by atoms with Gasteiger partial charge in [-0.25, -0.2) is 0 Å². The molecular weight excluding hydrogens is 204 g/mol. The summed E-state index contributed by atoms with van der Waals surface area (Å²) in [4.78, 5) is 11.7. The van der Waals surface area contributed by atoms with Crippen LogP contribution in [-0.2, 0) is 0 Å². The van der Waals surface area contributed by atoms with Crippen LogP contribution in [0.5, 0.6) is 5.75 Å². The smallest absolute Gasteiger partial charge is 0.255 e. The summed E-state index contributed by atoms with van der Waals surface area (Å²) in [7, 11) is 1.54. The van der Waals surface area contributed by atoms with Gasteiger partial charge in [-0.1, -0.05) is 6.07 Å². The molecule has 82 valence electrons. The molecule has 0 bridgehead atoms. The first kappa shape index (κ1) is 11.8. The van der Waals surface area contributed by atoms with Crippen molar-refractivity contribution in [2.24, 2.45) is 0 Å². The van der Waals surface area contributed by atoms with Gasteiger partial charge in [0.2, 0.25) is 0 Å². The summed E-state index contributed by atoms with van der Waals surface area (Å²) in [5.41, 5.74) is 1.00. The molecule has 0 aromatic heterocycles. The van der Waals surface area contributed by atoms with Crippen molar-refractivity contribution < 1.29 is 9.53 Å². The van der Waals surface area contributed by atoms with Gasteiger partial charge >= 0.3 is 0 Å². The highest BCUT2D eigenvalue weighted by atomic mass is 16.5. The lowest BCUT2D eigenvalue weighted by Crippen LogP contribution is -2.21. The standard InChI is InChI=1S/C12H12N2O2/c1-9(6-7-13)14-12(15)10-4-3-5-11(8-10)16-2/h3-6,8H,1-2H3,(H,14,15). The van der Waals surface area contributed by atoms with E-state index in [1.165, 1.54) is 13.2 Å². The number of carbonyl (C=O) groups is 1. The molecule has 1 N–H and O–H groups in total. The molecule has 0 fully saturated rings. The average Bonchev–Trinajstić information content (AvgIpc) is 2.29. The summed E-state index contributed by atoms with van der Waals surface area (Å²) in [6.45, 7) is 1.65. The number of methoxy groups -OCH3 is 1. The lowest BCUT2D eigenvalue weighted by Gasteiger charge is -2.05. The average molecular weight is 216 g/mol. The van der Waals surface area contributed by atoms with Gasteiger partial charge in [-0.05, 0) is 25.1 Å². The highest BCUT2D eigenvalue weighted by Gasteiger charge is 2.06. The van der Waals surface area contributed by atoms with Crippen LogP contribution in [0.2, 0.25) is 0 Å². The molecular formula is C12H12N2O2. The molecule has 0 heterocycles. The summed E-state index contributed by atoms with van der Waals surface area (Å²) in [5, 5.41) is 11.0. The van der Waals surface area contributed by atoms with Crippen LogP contribution in [-0.4, -0.2) is 13.0 Å². The number of nitrogens with zero attached hydrogens (tertiary/aromatic N) is 1. The van der Waals surface area contributed by atoms with Crippen molar-refractivity contribution in [3.8, 4) is 11.8 Å². The van der Waals surface area contributed by atoms with Crippen molar-refractivity contribution in [1.82, 2.24) is 5.32 Å². The summed E-state index contributed by atoms with van der Waals surface area (Å²) in [5.74, 6) is 0.359. The first-order valence-electron chi connectivity index (χ1n) is 4.69. The van der Waals surface area contributed by atoms with Gasteiger partial charge in [-0.3, -0.25) is 4.79 Å². The van der Waals surface area contributed by atoms with Crippen LogP contribution in [0, 0.1) is 11.3 Å². The van der Waals surface area contributed by atoms with E-state index < -0.39 is 0 Å². The van der Waals surface area contributed by atoms with Gasteiger partial charge in [0.1, 0.15) is 5.75 Å². The number of amides is 1. The molecule has 0 aliphatic carbocycles. The number of carbonyl (C=O) groups excluding carboxylic acids is 1. The van der Waals surface area contributed by atoms with Crippen molar-refractivity contribution in [2.75, 3.05) is 7.11 Å². The molecule has 0 radical (unpaired) electrons. The predicted octanol–water partition coefficient (Wildman–Crippen LogP) is 1.85. The fraction of sp³-hybridized carbons (Fsp3) is 0.167. The van der Waals surface area contributed by atoms with Crippen LogP contribution in [0.15, 0.2) is 36.0 Å². The molecule has 0 aliphatic heterocycles. The van der Waals surface area contributed by atoms with Gasteiger partial charge in [0, 0.05) is 17.3 Å². The third-order valence-electron chi connectivity index (χ3n) is 1.92. The number of hydrogen-bond donors (Lipinski definition) is 1. The lowest BCUT2D eigenvalue weighted by atomic mass is 10.2. The van der Waals surface area contributed by atoms with E-state index in [-0.39, 0.29) is 5.91 Å². The van der Waals surface area contributed by atoms with Crippen LogP contribution in [0.25, 0.3) is 0 Å². The van der Waals surface area contributed by atoms with Crippen molar-refractivity contribution in [1.29, 1.82) is 5.26 Å². The van der Waals surface area contributed by atoms with Gasteiger partial charge in [-0.2, -0.15) is 5.26 Å². The quantitative estimate of drug-likeness (QED) is 0.784. The molecule has 0 atom stereocenters. The minimum Gasteiger partial charge on any atom is -0.497 e. The summed E-state index contributed by atoms with van der Waals surface area (Å²) < 4.78 is 5.01. The molecule has 16 heavy (non-hydrogen) atoms. The fourth-order valence-corrected chi connectivity index (χ4v) is 1.15. The van der Waals surface area contributed by atoms with Crippen LogP contribution >= 0.6 is 0 Å². The Balaban J connectivity index is 2.81. The van der Waals surface area contributed by atoms with Crippen LogP contribution in [0.1, 0.15) is 17.3 Å². The molecule has 0 saturated heterocycles. The second-order valence-corrected chi connectivity index (χ2v) is 3.14. The number of ether oxygens (including phenoxy) is 1. The van der Waals surface area contributed by atoms with Crippen molar-refractivity contribution in [3.05, 3.63) is 41.6 Å². The fourth-order valence-electron chi connectivity index (χ4n) is 1.15. The Bertz CT molecular complexity index is 458. The Labute approximate surface area is 94.1 Å². The minimum absolute atomic E-state index is 0.261. The maximum absolute atomic E-state index is 11.7. The number of hydrogen-bond acceptors (Lipinski definition) is 3. The molecule has 1 aromatic rings. The highest BCUT2D eigenvalue weighted by molar-refractivity contribution is 5.95. The van der Waals surface area contributed by atoms with Crippen LogP contribution < -0.4 is 10.1 Å². The largest absolute Gasteiger partial charge is 0.497 e. The normalized spacial score (nSPS) is 10.4. The molecule has 1 amide bonds. The monoisotopic (exact) mass is 216 g/mol. The SMILES string of the molecule is COc1cccc(C(=O)NC(C)=CC#N)c1. The van der Waals surface area contributed by atoms with Crippen molar-refractivity contribution in [2.45, 2.75) is 6.92 Å². The summed E-state index contributed by atoms with van der Waals surface area (Å²) >= 11 is 0. The first-order valence-corrected chi connectivity index (χ1v) is 4.69. The number of nitrogens with one attached hydrogen (secondary N) is 1. The highest BCUT2D eigenvalue weighted by Crippen LogP contribution is 2.12. The van der Waals surface area contributed by atoms with Gasteiger partial charge in [-0.15, -0.1) is 0 Å². The second-order valence-electron chi connectivity index (χ2n) is 3.14. The molecule has 4 nitrogen and oxygen atoms in total. The predicted molar refractivity (Wildman–Crippen MR) is 59.8 cm³/mol. The Morgan fingerprint density at radius 3 is 2.94 bits per heavy atom. The topological polar surface area (TPSA) is 62.1 Å². The lowest BCUT2D eigenvalue weighted by molar-refractivity contribution is 0.0965. The maximum Gasteiger partial charge on any atom is 0.255 e. The molecule has 0 unspecified atom stereocenters. The van der Waals surface area contributed by atoms with Crippen LogP contribution in [0.4, 0.5) is 0 Å².